The summed E-state index contributed by atoms with van der Waals surface area (Å²) >= 11 is 0. The molecule has 0 amide bonds. The van der Waals surface area contributed by atoms with Crippen LogP contribution in [-0.2, 0) is 23.0 Å². The molecule has 0 radical (unpaired) electrons. The van der Waals surface area contributed by atoms with Crippen molar-refractivity contribution in [2.24, 2.45) is 0 Å². The van der Waals surface area contributed by atoms with Crippen LogP contribution in [0, 0.1) is 20.8 Å². The van der Waals surface area contributed by atoms with Gasteiger partial charge in [-0.15, -0.1) is 0 Å². The topological polar surface area (TPSA) is 68.1 Å². The highest BCUT2D eigenvalue weighted by atomic mass is 32.2. The van der Waals surface area contributed by atoms with Gasteiger partial charge in [0.2, 0.25) is 0 Å². The van der Waals surface area contributed by atoms with E-state index in [4.69, 9.17) is 9.97 Å². The van der Waals surface area contributed by atoms with Crippen molar-refractivity contribution >= 4 is 21.2 Å². The molecule has 6 rings (SSSR count). The summed E-state index contributed by atoms with van der Waals surface area (Å²) in [6.45, 7) is 8.07. The fraction of sp³-hybridized carbons (Fsp3) is 0.226. The van der Waals surface area contributed by atoms with Crippen LogP contribution in [0.4, 0.5) is 0 Å². The van der Waals surface area contributed by atoms with Gasteiger partial charge in [0.05, 0.1) is 16.8 Å². The van der Waals surface area contributed by atoms with Gasteiger partial charge in [0.25, 0.3) is 10.0 Å². The van der Waals surface area contributed by atoms with Gasteiger partial charge < -0.3 is 4.90 Å². The fourth-order valence-corrected chi connectivity index (χ4v) is 6.66. The molecule has 1 aliphatic heterocycles. The largest absolute Gasteiger partial charge is 0.302 e. The Morgan fingerprint density at radius 1 is 0.895 bits per heavy atom. The van der Waals surface area contributed by atoms with Crippen molar-refractivity contribution in [2.45, 2.75) is 38.6 Å². The Morgan fingerprint density at radius 3 is 2.45 bits per heavy atom. The molecule has 3 aromatic carbocycles. The molecular formula is C31H30N4O2S. The highest BCUT2D eigenvalue weighted by Crippen LogP contribution is 2.34. The van der Waals surface area contributed by atoms with Crippen molar-refractivity contribution in [2.75, 3.05) is 13.6 Å². The van der Waals surface area contributed by atoms with Crippen LogP contribution >= 0.6 is 0 Å². The van der Waals surface area contributed by atoms with Crippen molar-refractivity contribution in [1.29, 1.82) is 0 Å². The summed E-state index contributed by atoms with van der Waals surface area (Å²) in [4.78, 5) is 12.3. The number of hydrogen-bond donors (Lipinski definition) is 0. The smallest absolute Gasteiger partial charge is 0.269 e. The Kier molecular flexibility index (Phi) is 5.93. The Balaban J connectivity index is 1.57. The molecule has 0 bridgehead atoms. The molecule has 0 N–H and O–H groups in total. The monoisotopic (exact) mass is 522 g/mol. The van der Waals surface area contributed by atoms with E-state index in [1.807, 2.05) is 38.1 Å². The average Bonchev–Trinajstić information content (AvgIpc) is 3.28. The number of likely N-dealkylation sites (N-methyl/N-ethyl adjacent to an activating group) is 1. The van der Waals surface area contributed by atoms with E-state index in [1.54, 1.807) is 36.7 Å². The van der Waals surface area contributed by atoms with E-state index in [-0.39, 0.29) is 4.90 Å². The number of fused-ring (bicyclic) bond motifs is 2. The molecule has 0 unspecified atom stereocenters. The van der Waals surface area contributed by atoms with Crippen LogP contribution in [0.25, 0.3) is 33.5 Å². The van der Waals surface area contributed by atoms with Crippen LogP contribution < -0.4 is 0 Å². The predicted octanol–water partition coefficient (Wildman–Crippen LogP) is 5.92. The number of aromatic nitrogens is 3. The van der Waals surface area contributed by atoms with Gasteiger partial charge in [-0.2, -0.15) is 0 Å². The maximum Gasteiger partial charge on any atom is 0.269 e. The van der Waals surface area contributed by atoms with E-state index in [9.17, 15) is 8.42 Å². The number of benzene rings is 3. The van der Waals surface area contributed by atoms with Crippen molar-refractivity contribution in [3.8, 4) is 22.4 Å². The molecule has 0 saturated carbocycles. The fourth-order valence-electron chi connectivity index (χ4n) is 5.34. The van der Waals surface area contributed by atoms with Crippen molar-refractivity contribution < 1.29 is 8.42 Å². The van der Waals surface area contributed by atoms with E-state index in [2.05, 4.69) is 31.0 Å². The minimum atomic E-state index is -3.87. The van der Waals surface area contributed by atoms with Gasteiger partial charge >= 0.3 is 0 Å². The van der Waals surface area contributed by atoms with Crippen LogP contribution in [0.15, 0.2) is 78.0 Å². The average molecular weight is 523 g/mol. The minimum Gasteiger partial charge on any atom is -0.302 e. The number of rotatable bonds is 4. The molecule has 0 aliphatic carbocycles. The third-order valence-electron chi connectivity index (χ3n) is 7.42. The second kappa shape index (κ2) is 9.19. The zero-order chi connectivity index (χ0) is 26.6. The Bertz CT molecular complexity index is 1800. The number of aryl methyl sites for hydroxylation is 3. The molecule has 0 fully saturated rings. The zero-order valence-corrected chi connectivity index (χ0v) is 22.9. The third kappa shape index (κ3) is 4.22. The lowest BCUT2D eigenvalue weighted by Gasteiger charge is -2.27. The standard InChI is InChI=1S/C31H30N4O2S/c1-20-8-10-26(11-9-20)38(36,37)35-19-28(23-7-5-6-21(2)14-23)30-31(35)32-17-29(33-30)24-15-22(3)27-12-13-34(4)18-25(27)16-24/h5-11,14-17,19H,12-13,18H2,1-4H3. The maximum absolute atomic E-state index is 13.8. The molecular weight excluding hydrogens is 492 g/mol. The molecule has 1 aliphatic rings. The van der Waals surface area contributed by atoms with Crippen LogP contribution in [0.2, 0.25) is 0 Å². The Labute approximate surface area is 223 Å². The lowest BCUT2D eigenvalue weighted by atomic mass is 9.92. The number of hydrogen-bond acceptors (Lipinski definition) is 5. The molecule has 38 heavy (non-hydrogen) atoms. The van der Waals surface area contributed by atoms with Crippen molar-refractivity contribution in [1.82, 2.24) is 18.8 Å². The van der Waals surface area contributed by atoms with Crippen LogP contribution in [-0.4, -0.2) is 40.9 Å². The van der Waals surface area contributed by atoms with Crippen molar-refractivity contribution in [3.05, 3.63) is 101 Å². The van der Waals surface area contributed by atoms with Gasteiger partial charge in [-0.1, -0.05) is 47.5 Å². The quantitative estimate of drug-likeness (QED) is 0.293. The summed E-state index contributed by atoms with van der Waals surface area (Å²) in [7, 11) is -1.73. The second-order valence-corrected chi connectivity index (χ2v) is 12.2. The Hall–Kier alpha value is -3.81. The first kappa shape index (κ1) is 24.5. The van der Waals surface area contributed by atoms with Gasteiger partial charge in [0.1, 0.15) is 5.52 Å². The highest BCUT2D eigenvalue weighted by Gasteiger charge is 2.25. The molecule has 192 valence electrons. The van der Waals surface area contributed by atoms with E-state index < -0.39 is 10.0 Å². The molecule has 6 nitrogen and oxygen atoms in total. The van der Waals surface area contributed by atoms with Crippen LogP contribution in [0.3, 0.4) is 0 Å². The van der Waals surface area contributed by atoms with E-state index >= 15 is 0 Å². The second-order valence-electron chi connectivity index (χ2n) is 10.4. The van der Waals surface area contributed by atoms with E-state index in [1.165, 1.54) is 20.7 Å². The van der Waals surface area contributed by atoms with Gasteiger partial charge in [-0.25, -0.2) is 22.4 Å². The summed E-state index contributed by atoms with van der Waals surface area (Å²) in [5.74, 6) is 0. The van der Waals surface area contributed by atoms with Gasteiger partial charge in [0.15, 0.2) is 5.65 Å². The van der Waals surface area contributed by atoms with Gasteiger partial charge in [-0.3, -0.25) is 0 Å². The highest BCUT2D eigenvalue weighted by molar-refractivity contribution is 7.90. The molecule has 7 heteroatoms. The number of nitrogens with zero attached hydrogens (tertiary/aromatic N) is 4. The van der Waals surface area contributed by atoms with E-state index in [0.29, 0.717) is 11.2 Å². The first-order valence-electron chi connectivity index (χ1n) is 12.8. The third-order valence-corrected chi connectivity index (χ3v) is 9.08. The molecule has 0 atom stereocenters. The predicted molar refractivity (Wildman–Crippen MR) is 152 cm³/mol. The zero-order valence-electron chi connectivity index (χ0n) is 22.1. The Morgan fingerprint density at radius 2 is 1.68 bits per heavy atom. The summed E-state index contributed by atoms with van der Waals surface area (Å²) in [5, 5.41) is 0. The van der Waals surface area contributed by atoms with Crippen LogP contribution in [0.1, 0.15) is 27.8 Å². The van der Waals surface area contributed by atoms with Crippen molar-refractivity contribution in [3.63, 3.8) is 0 Å². The molecule has 0 saturated heterocycles. The van der Waals surface area contributed by atoms with Crippen LogP contribution in [0.5, 0.6) is 0 Å². The van der Waals surface area contributed by atoms with Gasteiger partial charge in [-0.05, 0) is 80.8 Å². The molecule has 5 aromatic rings. The molecule has 2 aromatic heterocycles. The normalized spacial score (nSPS) is 14.1. The molecule has 0 spiro atoms. The minimum absolute atomic E-state index is 0.219. The van der Waals surface area contributed by atoms with Gasteiger partial charge in [0, 0.05) is 30.4 Å². The first-order valence-corrected chi connectivity index (χ1v) is 14.2. The molecule has 3 heterocycles. The van der Waals surface area contributed by atoms with E-state index in [0.717, 1.165) is 53.0 Å². The SMILES string of the molecule is Cc1ccc(S(=O)(=O)n2cc(-c3cccc(C)c3)c3nc(-c4cc(C)c5c(c4)CN(C)CC5)cnc32)cc1. The maximum atomic E-state index is 13.8. The summed E-state index contributed by atoms with van der Waals surface area (Å²) in [5.41, 5.74) is 10.3. The summed E-state index contributed by atoms with van der Waals surface area (Å²) < 4.78 is 28.8. The first-order chi connectivity index (χ1) is 18.2. The summed E-state index contributed by atoms with van der Waals surface area (Å²) in [6, 6.07) is 19.3. The lowest BCUT2D eigenvalue weighted by Crippen LogP contribution is -2.27. The lowest BCUT2D eigenvalue weighted by molar-refractivity contribution is 0.312. The summed E-state index contributed by atoms with van der Waals surface area (Å²) in [6.07, 6.45) is 4.39.